The number of benzene rings is 1. The monoisotopic (exact) mass is 484 g/mol. The van der Waals surface area contributed by atoms with Gasteiger partial charge in [0.2, 0.25) is 5.91 Å². The number of hydrogen-bond acceptors (Lipinski definition) is 6. The van der Waals surface area contributed by atoms with E-state index in [0.29, 0.717) is 37.3 Å². The van der Waals surface area contributed by atoms with Gasteiger partial charge in [-0.15, -0.1) is 0 Å². The van der Waals surface area contributed by atoms with Crippen LogP contribution in [0.1, 0.15) is 36.9 Å². The smallest absolute Gasteiger partial charge is 0.407 e. The van der Waals surface area contributed by atoms with Crippen LogP contribution in [0.5, 0.6) is 0 Å². The Morgan fingerprint density at radius 2 is 1.91 bits per heavy atom. The van der Waals surface area contributed by atoms with E-state index in [9.17, 15) is 23.5 Å². The molecule has 2 aliphatic heterocycles. The molecule has 9 nitrogen and oxygen atoms in total. The van der Waals surface area contributed by atoms with Crippen LogP contribution < -0.4 is 4.90 Å². The van der Waals surface area contributed by atoms with Crippen molar-refractivity contribution in [2.45, 2.75) is 31.7 Å². The van der Waals surface area contributed by atoms with E-state index in [-0.39, 0.29) is 37.2 Å². The van der Waals surface area contributed by atoms with Gasteiger partial charge in [-0.2, -0.15) is 5.26 Å². The van der Waals surface area contributed by atoms with Crippen molar-refractivity contribution in [2.75, 3.05) is 37.6 Å². The molecule has 184 valence electrons. The van der Waals surface area contributed by atoms with Crippen molar-refractivity contribution in [3.63, 3.8) is 0 Å². The molecule has 3 heterocycles. The summed E-state index contributed by atoms with van der Waals surface area (Å²) in [7, 11) is 0. The molecule has 0 saturated carbocycles. The summed E-state index contributed by atoms with van der Waals surface area (Å²) in [6.07, 6.45) is 3.03. The van der Waals surface area contributed by atoms with Gasteiger partial charge in [0.1, 0.15) is 11.9 Å². The fraction of sp³-hybridized carbons (Fsp3) is 0.458. The lowest BCUT2D eigenvalue weighted by molar-refractivity contribution is -0.135. The second-order valence-corrected chi connectivity index (χ2v) is 8.79. The summed E-state index contributed by atoms with van der Waals surface area (Å²) < 4.78 is 27.5. The average molecular weight is 485 g/mol. The normalized spacial score (nSPS) is 20.5. The van der Waals surface area contributed by atoms with E-state index in [4.69, 9.17) is 5.26 Å². The van der Waals surface area contributed by atoms with E-state index < -0.39 is 29.7 Å². The third-order valence-electron chi connectivity index (χ3n) is 6.88. The Morgan fingerprint density at radius 1 is 1.17 bits per heavy atom. The summed E-state index contributed by atoms with van der Waals surface area (Å²) in [5.74, 6) is -2.08. The van der Waals surface area contributed by atoms with Crippen LogP contribution in [-0.4, -0.2) is 75.6 Å². The van der Waals surface area contributed by atoms with Crippen molar-refractivity contribution in [3.05, 3.63) is 53.5 Å². The second kappa shape index (κ2) is 10.2. The summed E-state index contributed by atoms with van der Waals surface area (Å²) in [5.41, 5.74) is 0.707. The van der Waals surface area contributed by atoms with Crippen molar-refractivity contribution in [2.24, 2.45) is 5.92 Å². The Balaban J connectivity index is 1.47. The van der Waals surface area contributed by atoms with E-state index in [1.807, 2.05) is 11.0 Å². The molecule has 0 bridgehead atoms. The lowest BCUT2D eigenvalue weighted by atomic mass is 9.93. The van der Waals surface area contributed by atoms with Crippen molar-refractivity contribution < 1.29 is 23.5 Å². The quantitative estimate of drug-likeness (QED) is 0.694. The third-order valence-corrected chi connectivity index (χ3v) is 6.88. The van der Waals surface area contributed by atoms with Gasteiger partial charge >= 0.3 is 6.09 Å². The largest absolute Gasteiger partial charge is 0.465 e. The fourth-order valence-electron chi connectivity index (χ4n) is 5.02. The zero-order valence-electron chi connectivity index (χ0n) is 19.3. The van der Waals surface area contributed by atoms with Crippen LogP contribution in [0, 0.1) is 28.9 Å². The molecule has 1 N–H and O–H groups in total. The number of carboxylic acid groups (broad SMARTS) is 1. The molecule has 2 amide bonds. The van der Waals surface area contributed by atoms with Crippen LogP contribution in [0.2, 0.25) is 0 Å². The number of likely N-dealkylation sites (N-methyl/N-ethyl adjacent to an activating group) is 1. The molecule has 2 aliphatic rings. The number of piperidine rings is 1. The standard InChI is InChI=1S/C24H26F2N6O3/c1-2-32(24(34)35)21-14-31(13-18(21)16-3-4-19(25)20(26)9-16)23(33)15-5-7-30(8-6-15)22-12-28-17(10-27)11-29-22/h3-4,9,11-12,15,18,21H,2,5-8,13-14H2,1H3,(H,34,35)/t18-,21+/m0/s1. The first-order valence-electron chi connectivity index (χ1n) is 11.5. The topological polar surface area (TPSA) is 114 Å². The molecule has 0 radical (unpaired) electrons. The summed E-state index contributed by atoms with van der Waals surface area (Å²) in [5, 5.41) is 18.6. The van der Waals surface area contributed by atoms with Gasteiger partial charge in [-0.05, 0) is 37.5 Å². The first kappa shape index (κ1) is 24.3. The number of aromatic nitrogens is 2. The Hall–Kier alpha value is -3.81. The molecule has 0 unspecified atom stereocenters. The minimum absolute atomic E-state index is 0.0629. The summed E-state index contributed by atoms with van der Waals surface area (Å²) >= 11 is 0. The van der Waals surface area contributed by atoms with Gasteiger partial charge in [0.25, 0.3) is 0 Å². The van der Waals surface area contributed by atoms with E-state index >= 15 is 0 Å². The predicted molar refractivity (Wildman–Crippen MR) is 122 cm³/mol. The number of hydrogen-bond donors (Lipinski definition) is 1. The second-order valence-electron chi connectivity index (χ2n) is 8.79. The molecule has 35 heavy (non-hydrogen) atoms. The molecule has 2 fully saturated rings. The SMILES string of the molecule is CCN(C(=O)O)[C@@H]1CN(C(=O)C2CCN(c3cnc(C#N)cn3)CC2)C[C@H]1c1ccc(F)c(F)c1. The summed E-state index contributed by atoms with van der Waals surface area (Å²) in [6, 6.07) is 4.96. The van der Waals surface area contributed by atoms with Gasteiger partial charge in [-0.25, -0.2) is 23.5 Å². The van der Waals surface area contributed by atoms with E-state index in [1.54, 1.807) is 18.0 Å². The third kappa shape index (κ3) is 5.01. The molecule has 11 heteroatoms. The van der Waals surface area contributed by atoms with Crippen molar-refractivity contribution >= 4 is 17.8 Å². The van der Waals surface area contributed by atoms with Gasteiger partial charge in [-0.3, -0.25) is 4.79 Å². The minimum atomic E-state index is -1.11. The first-order chi connectivity index (χ1) is 16.8. The number of carbonyl (C=O) groups is 2. The number of carbonyl (C=O) groups excluding carboxylic acids is 1. The highest BCUT2D eigenvalue weighted by Gasteiger charge is 2.43. The Bertz CT molecular complexity index is 1130. The first-order valence-corrected chi connectivity index (χ1v) is 11.5. The van der Waals surface area contributed by atoms with Crippen molar-refractivity contribution in [1.82, 2.24) is 19.8 Å². The van der Waals surface area contributed by atoms with Gasteiger partial charge < -0.3 is 19.8 Å². The average Bonchev–Trinajstić information content (AvgIpc) is 3.30. The predicted octanol–water partition coefficient (Wildman–Crippen LogP) is 2.84. The Kier molecular flexibility index (Phi) is 7.10. The van der Waals surface area contributed by atoms with Crippen molar-refractivity contribution in [3.8, 4) is 6.07 Å². The molecular weight excluding hydrogens is 458 g/mol. The molecule has 0 aliphatic carbocycles. The van der Waals surface area contributed by atoms with Crippen LogP contribution in [-0.2, 0) is 4.79 Å². The zero-order chi connectivity index (χ0) is 25.1. The highest BCUT2D eigenvalue weighted by atomic mass is 19.2. The molecule has 2 saturated heterocycles. The number of anilines is 1. The van der Waals surface area contributed by atoms with Gasteiger partial charge in [0, 0.05) is 44.6 Å². The maximum absolute atomic E-state index is 14.0. The number of rotatable bonds is 5. The highest BCUT2D eigenvalue weighted by molar-refractivity contribution is 5.80. The van der Waals surface area contributed by atoms with Crippen molar-refractivity contribution in [1.29, 1.82) is 5.26 Å². The minimum Gasteiger partial charge on any atom is -0.465 e. The van der Waals surface area contributed by atoms with Gasteiger partial charge in [0.15, 0.2) is 17.3 Å². The lowest BCUT2D eigenvalue weighted by Gasteiger charge is -2.33. The summed E-state index contributed by atoms with van der Waals surface area (Å²) in [4.78, 5) is 38.5. The van der Waals surface area contributed by atoms with Crippen LogP contribution in [0.25, 0.3) is 0 Å². The molecule has 4 rings (SSSR count). The Labute approximate surface area is 201 Å². The van der Waals surface area contributed by atoms with Crippen LogP contribution in [0.3, 0.4) is 0 Å². The highest BCUT2D eigenvalue weighted by Crippen LogP contribution is 2.34. The molecule has 1 aromatic carbocycles. The molecule has 2 aromatic rings. The fourth-order valence-corrected chi connectivity index (χ4v) is 5.02. The van der Waals surface area contributed by atoms with Gasteiger partial charge in [-0.1, -0.05) is 6.07 Å². The summed E-state index contributed by atoms with van der Waals surface area (Å²) in [6.45, 7) is 3.55. The molecular formula is C24H26F2N6O3. The molecule has 1 aromatic heterocycles. The number of amides is 2. The van der Waals surface area contributed by atoms with E-state index in [2.05, 4.69) is 9.97 Å². The zero-order valence-corrected chi connectivity index (χ0v) is 19.3. The number of halogens is 2. The van der Waals surface area contributed by atoms with Crippen LogP contribution in [0.15, 0.2) is 30.6 Å². The maximum atomic E-state index is 14.0. The Morgan fingerprint density at radius 3 is 2.49 bits per heavy atom. The van der Waals surface area contributed by atoms with E-state index in [0.717, 1.165) is 12.1 Å². The number of likely N-dealkylation sites (tertiary alicyclic amines) is 1. The number of nitrogens with zero attached hydrogens (tertiary/aromatic N) is 6. The van der Waals surface area contributed by atoms with Crippen LogP contribution in [0.4, 0.5) is 19.4 Å². The van der Waals surface area contributed by atoms with E-state index in [1.165, 1.54) is 17.2 Å². The maximum Gasteiger partial charge on any atom is 0.407 e. The molecule has 2 atom stereocenters. The number of nitriles is 1. The van der Waals surface area contributed by atoms with Gasteiger partial charge in [0.05, 0.1) is 18.4 Å². The van der Waals surface area contributed by atoms with Crippen LogP contribution >= 0.6 is 0 Å². The molecule has 0 spiro atoms. The lowest BCUT2D eigenvalue weighted by Crippen LogP contribution is -2.45.